The van der Waals surface area contributed by atoms with Gasteiger partial charge in [0.2, 0.25) is 5.91 Å². The summed E-state index contributed by atoms with van der Waals surface area (Å²) in [7, 11) is -3.92. The second kappa shape index (κ2) is 5.01. The maximum atomic E-state index is 12.5. The van der Waals surface area contributed by atoms with Crippen molar-refractivity contribution in [3.8, 4) is 0 Å². The highest BCUT2D eigenvalue weighted by atomic mass is 32.2. The average Bonchev–Trinajstić information content (AvgIpc) is 2.17. The van der Waals surface area contributed by atoms with E-state index in [4.69, 9.17) is 5.73 Å². The van der Waals surface area contributed by atoms with Gasteiger partial charge in [0, 0.05) is 0 Å². The Bertz CT molecular complexity index is 471. The Morgan fingerprint density at radius 1 is 1.38 bits per heavy atom. The van der Waals surface area contributed by atoms with Gasteiger partial charge in [0.15, 0.2) is 0 Å². The first-order valence-corrected chi connectivity index (χ1v) is 5.57. The molecule has 0 saturated carbocycles. The molecule has 16 heavy (non-hydrogen) atoms. The number of primary amides is 1. The predicted octanol–water partition coefficient (Wildman–Crippen LogP) is -0.479. The smallest absolute Gasteiger partial charge is 0.262 e. The summed E-state index contributed by atoms with van der Waals surface area (Å²) in [6.07, 6.45) is 0. The van der Waals surface area contributed by atoms with Crippen molar-refractivity contribution in [3.05, 3.63) is 30.1 Å². The van der Waals surface area contributed by atoms with E-state index in [0.717, 1.165) is 24.3 Å². The van der Waals surface area contributed by atoms with Gasteiger partial charge in [-0.3, -0.25) is 9.63 Å². The molecule has 0 spiro atoms. The van der Waals surface area contributed by atoms with E-state index in [1.807, 2.05) is 0 Å². The Labute approximate surface area is 91.2 Å². The Balaban J connectivity index is 2.71. The number of benzene rings is 1. The van der Waals surface area contributed by atoms with E-state index in [2.05, 4.69) is 4.84 Å². The number of nitrogens with two attached hydrogens (primary N) is 1. The van der Waals surface area contributed by atoms with Gasteiger partial charge in [-0.2, -0.15) is 0 Å². The lowest BCUT2D eigenvalue weighted by atomic mass is 10.4. The van der Waals surface area contributed by atoms with Gasteiger partial charge < -0.3 is 5.73 Å². The maximum absolute atomic E-state index is 12.5. The molecule has 1 amide bonds. The summed E-state index contributed by atoms with van der Waals surface area (Å²) >= 11 is 0. The lowest BCUT2D eigenvalue weighted by molar-refractivity contribution is -0.123. The molecule has 0 radical (unpaired) electrons. The number of amides is 1. The van der Waals surface area contributed by atoms with Gasteiger partial charge >= 0.3 is 0 Å². The van der Waals surface area contributed by atoms with Crippen molar-refractivity contribution in [2.24, 2.45) is 5.73 Å². The van der Waals surface area contributed by atoms with Gasteiger partial charge in [0.1, 0.15) is 12.4 Å². The quantitative estimate of drug-likeness (QED) is 0.687. The number of hydrogen-bond acceptors (Lipinski definition) is 4. The van der Waals surface area contributed by atoms with Gasteiger partial charge in [-0.15, -0.1) is 0 Å². The molecular formula is C8H9FN2O4S. The van der Waals surface area contributed by atoms with Gasteiger partial charge in [-0.25, -0.2) is 12.8 Å². The summed E-state index contributed by atoms with van der Waals surface area (Å²) in [5.41, 5.74) is 4.73. The van der Waals surface area contributed by atoms with Crippen molar-refractivity contribution in [1.82, 2.24) is 4.89 Å². The third-order valence-corrected chi connectivity index (χ3v) is 2.74. The second-order valence-corrected chi connectivity index (χ2v) is 4.44. The lowest BCUT2D eigenvalue weighted by Gasteiger charge is -2.05. The van der Waals surface area contributed by atoms with Gasteiger partial charge in [0.05, 0.1) is 4.90 Å². The third kappa shape index (κ3) is 3.57. The largest absolute Gasteiger partial charge is 0.368 e. The fourth-order valence-corrected chi connectivity index (χ4v) is 1.64. The first kappa shape index (κ1) is 12.6. The molecule has 0 heterocycles. The molecular weight excluding hydrogens is 239 g/mol. The molecule has 88 valence electrons. The summed E-state index contributed by atoms with van der Waals surface area (Å²) in [4.78, 5) is 16.1. The molecule has 1 aromatic carbocycles. The van der Waals surface area contributed by atoms with Crippen LogP contribution in [0.25, 0.3) is 0 Å². The molecule has 0 unspecified atom stereocenters. The number of rotatable bonds is 5. The number of hydrogen-bond donors (Lipinski definition) is 2. The van der Waals surface area contributed by atoms with Crippen LogP contribution in [0, 0.1) is 5.82 Å². The molecule has 0 aromatic heterocycles. The standard InChI is InChI=1S/C8H9FN2O4S/c9-6-1-3-7(4-2-6)16(13,14)11-15-5-8(10)12/h1-4,11H,5H2,(H2,10,12). The van der Waals surface area contributed by atoms with Crippen LogP contribution in [0.4, 0.5) is 4.39 Å². The Morgan fingerprint density at radius 3 is 2.44 bits per heavy atom. The van der Waals surface area contributed by atoms with E-state index in [1.165, 1.54) is 0 Å². The van der Waals surface area contributed by atoms with Crippen LogP contribution in [0.5, 0.6) is 0 Å². The summed E-state index contributed by atoms with van der Waals surface area (Å²) in [5, 5.41) is 0. The van der Waals surface area contributed by atoms with Crippen molar-refractivity contribution in [1.29, 1.82) is 0 Å². The molecule has 0 atom stereocenters. The highest BCUT2D eigenvalue weighted by Gasteiger charge is 2.14. The maximum Gasteiger partial charge on any atom is 0.262 e. The van der Waals surface area contributed by atoms with Gasteiger partial charge in [-0.1, -0.05) is 4.89 Å². The van der Waals surface area contributed by atoms with Crippen LogP contribution in [0.3, 0.4) is 0 Å². The molecule has 3 N–H and O–H groups in total. The van der Waals surface area contributed by atoms with E-state index in [-0.39, 0.29) is 4.90 Å². The average molecular weight is 248 g/mol. The molecule has 8 heteroatoms. The topological polar surface area (TPSA) is 98.5 Å². The molecule has 1 rings (SSSR count). The molecule has 0 fully saturated rings. The molecule has 0 aliphatic rings. The van der Waals surface area contributed by atoms with E-state index < -0.39 is 28.4 Å². The van der Waals surface area contributed by atoms with Crippen LogP contribution in [-0.2, 0) is 19.7 Å². The van der Waals surface area contributed by atoms with Crippen LogP contribution in [0.15, 0.2) is 29.2 Å². The summed E-state index contributed by atoms with van der Waals surface area (Å²) in [6, 6.07) is 4.10. The normalized spacial score (nSPS) is 11.3. The van der Waals surface area contributed by atoms with Crippen LogP contribution >= 0.6 is 0 Å². The monoisotopic (exact) mass is 248 g/mol. The molecule has 6 nitrogen and oxygen atoms in total. The van der Waals surface area contributed by atoms with Gasteiger partial charge in [-0.05, 0) is 24.3 Å². The van der Waals surface area contributed by atoms with Crippen LogP contribution in [0.1, 0.15) is 0 Å². The van der Waals surface area contributed by atoms with Crippen molar-refractivity contribution in [2.75, 3.05) is 6.61 Å². The Morgan fingerprint density at radius 2 is 1.94 bits per heavy atom. The summed E-state index contributed by atoms with van der Waals surface area (Å²) in [6.45, 7) is -0.583. The molecule has 0 aliphatic carbocycles. The zero-order valence-corrected chi connectivity index (χ0v) is 8.83. The number of carbonyl (C=O) groups is 1. The molecule has 1 aromatic rings. The van der Waals surface area contributed by atoms with Crippen LogP contribution in [0.2, 0.25) is 0 Å². The fourth-order valence-electron chi connectivity index (χ4n) is 0.840. The van der Waals surface area contributed by atoms with Crippen molar-refractivity contribution < 1.29 is 22.4 Å². The lowest BCUT2D eigenvalue weighted by Crippen LogP contribution is -2.29. The van der Waals surface area contributed by atoms with Crippen molar-refractivity contribution in [2.45, 2.75) is 4.90 Å². The SMILES string of the molecule is NC(=O)CONS(=O)(=O)c1ccc(F)cc1. The highest BCUT2D eigenvalue weighted by molar-refractivity contribution is 7.89. The number of halogens is 1. The number of sulfonamides is 1. The Kier molecular flexibility index (Phi) is 3.93. The third-order valence-electron chi connectivity index (χ3n) is 1.51. The minimum absolute atomic E-state index is 0.182. The Hall–Kier alpha value is -1.51. The van der Waals surface area contributed by atoms with E-state index in [9.17, 15) is 17.6 Å². The van der Waals surface area contributed by atoms with Gasteiger partial charge in [0.25, 0.3) is 10.0 Å². The van der Waals surface area contributed by atoms with E-state index in [0.29, 0.717) is 0 Å². The summed E-state index contributed by atoms with van der Waals surface area (Å²) in [5.74, 6) is -1.38. The number of nitrogens with one attached hydrogen (secondary N) is 1. The van der Waals surface area contributed by atoms with Crippen LogP contribution < -0.4 is 10.6 Å². The molecule has 0 bridgehead atoms. The molecule has 0 aliphatic heterocycles. The first-order chi connectivity index (χ1) is 7.42. The zero-order chi connectivity index (χ0) is 12.2. The highest BCUT2D eigenvalue weighted by Crippen LogP contribution is 2.09. The van der Waals surface area contributed by atoms with Crippen molar-refractivity contribution >= 4 is 15.9 Å². The zero-order valence-electron chi connectivity index (χ0n) is 8.01. The fraction of sp³-hybridized carbons (Fsp3) is 0.125. The predicted molar refractivity (Wildman–Crippen MR) is 51.9 cm³/mol. The second-order valence-electron chi connectivity index (χ2n) is 2.80. The van der Waals surface area contributed by atoms with E-state index >= 15 is 0 Å². The van der Waals surface area contributed by atoms with Crippen LogP contribution in [-0.4, -0.2) is 20.9 Å². The summed E-state index contributed by atoms with van der Waals surface area (Å²) < 4.78 is 35.4. The van der Waals surface area contributed by atoms with Crippen molar-refractivity contribution in [3.63, 3.8) is 0 Å². The minimum atomic E-state index is -3.92. The molecule has 0 saturated heterocycles. The minimum Gasteiger partial charge on any atom is -0.368 e. The number of carbonyl (C=O) groups excluding carboxylic acids is 1. The first-order valence-electron chi connectivity index (χ1n) is 4.09. The van der Waals surface area contributed by atoms with E-state index in [1.54, 1.807) is 4.89 Å².